The van der Waals surface area contributed by atoms with Crippen molar-refractivity contribution >= 4 is 5.69 Å². The highest BCUT2D eigenvalue weighted by atomic mass is 15.1. The van der Waals surface area contributed by atoms with Crippen LogP contribution in [-0.2, 0) is 0 Å². The first-order chi connectivity index (χ1) is 9.02. The van der Waals surface area contributed by atoms with Crippen LogP contribution in [0.5, 0.6) is 0 Å². The Morgan fingerprint density at radius 3 is 2.42 bits per heavy atom. The predicted octanol–water partition coefficient (Wildman–Crippen LogP) is 3.87. The van der Waals surface area contributed by atoms with Gasteiger partial charge in [-0.3, -0.25) is 4.99 Å². The first-order valence-electron chi connectivity index (χ1n) is 7.34. The normalized spacial score (nSPS) is 15.1. The van der Waals surface area contributed by atoms with Crippen LogP contribution in [0.4, 0.5) is 5.69 Å². The fraction of sp³-hybridized carbons (Fsp3) is 0.588. The summed E-state index contributed by atoms with van der Waals surface area (Å²) in [5.74, 6) is 0.810. The number of nitrogens with zero attached hydrogens (tertiary/aromatic N) is 2. The molecule has 0 aliphatic carbocycles. The van der Waals surface area contributed by atoms with Gasteiger partial charge < -0.3 is 4.90 Å². The predicted molar refractivity (Wildman–Crippen MR) is 84.5 cm³/mol. The van der Waals surface area contributed by atoms with E-state index in [0.717, 1.165) is 11.3 Å². The maximum absolute atomic E-state index is 4.79. The third-order valence-electron chi connectivity index (χ3n) is 3.62. The first-order valence-corrected chi connectivity index (χ1v) is 7.34. The van der Waals surface area contributed by atoms with E-state index in [-0.39, 0.29) is 0 Å². The van der Waals surface area contributed by atoms with Gasteiger partial charge in [0.2, 0.25) is 0 Å². The van der Waals surface area contributed by atoms with E-state index in [9.17, 15) is 0 Å². The molecule has 1 aromatic rings. The van der Waals surface area contributed by atoms with Gasteiger partial charge in [0.15, 0.2) is 0 Å². The van der Waals surface area contributed by atoms with Crippen LogP contribution in [0.25, 0.3) is 0 Å². The van der Waals surface area contributed by atoms with Gasteiger partial charge in [-0.1, -0.05) is 26.3 Å². The Morgan fingerprint density at radius 2 is 1.79 bits per heavy atom. The van der Waals surface area contributed by atoms with Crippen molar-refractivity contribution in [1.29, 1.82) is 0 Å². The molecule has 2 nitrogen and oxygen atoms in total. The zero-order chi connectivity index (χ0) is 14.3. The number of anilines is 1. The summed E-state index contributed by atoms with van der Waals surface area (Å²) in [4.78, 5) is 6.89. The molecule has 0 aliphatic rings. The van der Waals surface area contributed by atoms with Crippen molar-refractivity contribution in [3.63, 3.8) is 0 Å². The third-order valence-corrected chi connectivity index (χ3v) is 3.62. The molecule has 0 aliphatic heterocycles. The van der Waals surface area contributed by atoms with E-state index in [1.54, 1.807) is 0 Å². The topological polar surface area (TPSA) is 15.6 Å². The lowest BCUT2D eigenvalue weighted by Gasteiger charge is -2.10. The molecule has 106 valence electrons. The molecule has 0 saturated carbocycles. The van der Waals surface area contributed by atoms with E-state index in [2.05, 4.69) is 70.1 Å². The molecule has 0 aromatic heterocycles. The fourth-order valence-corrected chi connectivity index (χ4v) is 1.96. The van der Waals surface area contributed by atoms with Crippen molar-refractivity contribution in [2.45, 2.75) is 46.1 Å². The smallest absolute Gasteiger partial charge is 0.0578 e. The maximum atomic E-state index is 4.79. The van der Waals surface area contributed by atoms with Crippen LogP contribution in [0, 0.1) is 5.92 Å². The average Bonchev–Trinajstić information content (AvgIpc) is 2.61. The van der Waals surface area contributed by atoms with Gasteiger partial charge >= 0.3 is 0 Å². The first kappa shape index (κ1) is 15.7. The zero-order valence-electron chi connectivity index (χ0n) is 13.1. The van der Waals surface area contributed by atoms with Crippen molar-refractivity contribution in [2.24, 2.45) is 10.9 Å². The minimum Gasteiger partial charge on any atom is -0.378 e. The van der Waals surface area contributed by atoms with Gasteiger partial charge in [0.05, 0.1) is 5.36 Å². The van der Waals surface area contributed by atoms with E-state index in [4.69, 9.17) is 4.99 Å². The lowest BCUT2D eigenvalue weighted by Crippen LogP contribution is -2.09. The molecule has 0 saturated heterocycles. The number of hydrogen-bond acceptors (Lipinski definition) is 2. The minimum absolute atomic E-state index is 0.402. The number of hydrogen-bond donors (Lipinski definition) is 0. The van der Waals surface area contributed by atoms with Gasteiger partial charge in [-0.05, 0) is 49.9 Å². The summed E-state index contributed by atoms with van der Waals surface area (Å²) in [5.41, 5.74) is 1.20. The lowest BCUT2D eigenvalue weighted by molar-refractivity contribution is 0.467. The molecule has 2 atom stereocenters. The van der Waals surface area contributed by atoms with Crippen LogP contribution >= 0.6 is 0 Å². The van der Waals surface area contributed by atoms with Crippen LogP contribution in [-0.4, -0.2) is 20.1 Å². The summed E-state index contributed by atoms with van der Waals surface area (Å²) < 4.78 is 0. The molecule has 0 N–H and O–H groups in total. The van der Waals surface area contributed by atoms with Crippen LogP contribution in [0.3, 0.4) is 0 Å². The second-order valence-electron chi connectivity index (χ2n) is 5.67. The standard InChI is InChI=1S/C17H28N2/c1-6-14(2)10-11-15(3)18-16-8-7-9-17(13-12-16)19(4)5/h7-9,12-15H,6,10-11H2,1-5H3/b18-16+. The summed E-state index contributed by atoms with van der Waals surface area (Å²) in [6, 6.07) is 10.9. The molecular formula is C17H28N2. The maximum Gasteiger partial charge on any atom is 0.0578 e. The molecule has 0 spiro atoms. The van der Waals surface area contributed by atoms with Crippen molar-refractivity contribution in [1.82, 2.24) is 0 Å². The highest BCUT2D eigenvalue weighted by Gasteiger charge is 2.03. The summed E-state index contributed by atoms with van der Waals surface area (Å²) in [6.07, 6.45) is 3.70. The van der Waals surface area contributed by atoms with Crippen molar-refractivity contribution in [3.8, 4) is 0 Å². The van der Waals surface area contributed by atoms with Crippen LogP contribution in [0.1, 0.15) is 40.0 Å². The lowest BCUT2D eigenvalue weighted by atomic mass is 10.0. The molecule has 2 heteroatoms. The summed E-state index contributed by atoms with van der Waals surface area (Å²) in [6.45, 7) is 6.79. The summed E-state index contributed by atoms with van der Waals surface area (Å²) >= 11 is 0. The summed E-state index contributed by atoms with van der Waals surface area (Å²) in [5, 5.41) is 1.07. The minimum atomic E-state index is 0.402. The van der Waals surface area contributed by atoms with Crippen LogP contribution in [0.15, 0.2) is 35.3 Å². The average molecular weight is 260 g/mol. The van der Waals surface area contributed by atoms with E-state index in [1.807, 2.05) is 0 Å². The van der Waals surface area contributed by atoms with Crippen LogP contribution < -0.4 is 10.3 Å². The molecular weight excluding hydrogens is 232 g/mol. The Labute approximate surface area is 118 Å². The molecule has 2 unspecified atom stereocenters. The van der Waals surface area contributed by atoms with E-state index >= 15 is 0 Å². The molecule has 0 fully saturated rings. The molecule has 1 aromatic carbocycles. The van der Waals surface area contributed by atoms with Gasteiger partial charge in [0, 0.05) is 25.8 Å². The SMILES string of the molecule is CCC(C)CCC(C)/N=c1\cccc(N(C)C)cc1. The molecule has 0 amide bonds. The quantitative estimate of drug-likeness (QED) is 0.758. The van der Waals surface area contributed by atoms with Gasteiger partial charge in [-0.2, -0.15) is 0 Å². The molecule has 19 heavy (non-hydrogen) atoms. The summed E-state index contributed by atoms with van der Waals surface area (Å²) in [7, 11) is 4.11. The van der Waals surface area contributed by atoms with Crippen molar-refractivity contribution < 1.29 is 0 Å². The van der Waals surface area contributed by atoms with E-state index in [1.165, 1.54) is 24.9 Å². The van der Waals surface area contributed by atoms with Gasteiger partial charge in [-0.25, -0.2) is 0 Å². The second-order valence-corrected chi connectivity index (χ2v) is 5.67. The highest BCUT2D eigenvalue weighted by molar-refractivity contribution is 5.43. The molecule has 1 rings (SSSR count). The van der Waals surface area contributed by atoms with Crippen LogP contribution in [0.2, 0.25) is 0 Å². The van der Waals surface area contributed by atoms with Gasteiger partial charge in [0.1, 0.15) is 0 Å². The largest absolute Gasteiger partial charge is 0.378 e. The van der Waals surface area contributed by atoms with Gasteiger partial charge in [0.25, 0.3) is 0 Å². The Balaban J connectivity index is 2.73. The Bertz CT molecular complexity index is 437. The third kappa shape index (κ3) is 5.91. The van der Waals surface area contributed by atoms with Crippen molar-refractivity contribution in [3.05, 3.63) is 35.7 Å². The van der Waals surface area contributed by atoms with E-state index < -0.39 is 0 Å². The zero-order valence-corrected chi connectivity index (χ0v) is 13.1. The van der Waals surface area contributed by atoms with E-state index in [0.29, 0.717) is 6.04 Å². The Kier molecular flexibility index (Phi) is 6.61. The molecule has 0 heterocycles. The second kappa shape index (κ2) is 7.98. The Morgan fingerprint density at radius 1 is 1.05 bits per heavy atom. The van der Waals surface area contributed by atoms with Gasteiger partial charge in [-0.15, -0.1) is 0 Å². The fourth-order valence-electron chi connectivity index (χ4n) is 1.96. The number of rotatable bonds is 6. The molecule has 0 radical (unpaired) electrons. The monoisotopic (exact) mass is 260 g/mol. The highest BCUT2D eigenvalue weighted by Crippen LogP contribution is 2.12. The van der Waals surface area contributed by atoms with Crippen molar-refractivity contribution in [2.75, 3.05) is 19.0 Å². The Hall–Kier alpha value is -1.31. The molecule has 0 bridgehead atoms.